The minimum absolute atomic E-state index is 0.0401. The number of hydrogen-bond acceptors (Lipinski definition) is 2. The number of carbonyl (C=O) groups excluding carboxylic acids is 2. The Hall–Kier alpha value is -2.62. The molecule has 1 aliphatic rings. The lowest BCUT2D eigenvalue weighted by Gasteiger charge is -2.35. The van der Waals surface area contributed by atoms with Gasteiger partial charge in [-0.15, -0.1) is 0 Å². The molecule has 0 spiro atoms. The van der Waals surface area contributed by atoms with Crippen LogP contribution in [0, 0.1) is 20.8 Å². The molecule has 2 aromatic rings. The molecule has 1 fully saturated rings. The van der Waals surface area contributed by atoms with Crippen LogP contribution in [-0.4, -0.2) is 47.8 Å². The average molecular weight is 336 g/mol. The Bertz CT molecular complexity index is 788. The first-order valence-electron chi connectivity index (χ1n) is 8.68. The molecule has 25 heavy (non-hydrogen) atoms. The van der Waals surface area contributed by atoms with Crippen LogP contribution >= 0.6 is 0 Å². The highest BCUT2D eigenvalue weighted by atomic mass is 16.2. The van der Waals surface area contributed by atoms with Gasteiger partial charge in [0.2, 0.25) is 0 Å². The standard InChI is InChI=1S/C21H24N2O2/c1-15-4-7-18(8-5-15)20(24)22-10-12-23(13-11-22)21(25)19-9-6-16(2)17(3)14-19/h4-9,14H,10-13H2,1-3H3. The van der Waals surface area contributed by atoms with Gasteiger partial charge in [0, 0.05) is 37.3 Å². The molecule has 4 nitrogen and oxygen atoms in total. The summed E-state index contributed by atoms with van der Waals surface area (Å²) >= 11 is 0. The van der Waals surface area contributed by atoms with Crippen LogP contribution in [0.4, 0.5) is 0 Å². The molecule has 0 aromatic heterocycles. The molecule has 4 heteroatoms. The zero-order chi connectivity index (χ0) is 18.0. The molecule has 0 atom stereocenters. The van der Waals surface area contributed by atoms with Gasteiger partial charge < -0.3 is 9.80 Å². The highest BCUT2D eigenvalue weighted by Crippen LogP contribution is 2.15. The Kier molecular flexibility index (Phi) is 4.88. The van der Waals surface area contributed by atoms with E-state index in [4.69, 9.17) is 0 Å². The third kappa shape index (κ3) is 3.73. The predicted octanol–water partition coefficient (Wildman–Crippen LogP) is 3.21. The second kappa shape index (κ2) is 7.09. The van der Waals surface area contributed by atoms with E-state index in [0.29, 0.717) is 31.7 Å². The molecule has 1 heterocycles. The maximum absolute atomic E-state index is 12.7. The summed E-state index contributed by atoms with van der Waals surface area (Å²) in [7, 11) is 0. The van der Waals surface area contributed by atoms with E-state index in [1.165, 1.54) is 5.56 Å². The maximum Gasteiger partial charge on any atom is 0.253 e. The van der Waals surface area contributed by atoms with Gasteiger partial charge in [0.1, 0.15) is 0 Å². The van der Waals surface area contributed by atoms with E-state index in [1.807, 2.05) is 73.0 Å². The first-order chi connectivity index (χ1) is 12.0. The van der Waals surface area contributed by atoms with E-state index in [2.05, 4.69) is 0 Å². The van der Waals surface area contributed by atoms with Crippen molar-refractivity contribution in [2.45, 2.75) is 20.8 Å². The average Bonchev–Trinajstić information content (AvgIpc) is 2.63. The number of piperazine rings is 1. The fraction of sp³-hybridized carbons (Fsp3) is 0.333. The van der Waals surface area contributed by atoms with Gasteiger partial charge in [-0.25, -0.2) is 0 Å². The third-order valence-corrected chi connectivity index (χ3v) is 4.91. The quantitative estimate of drug-likeness (QED) is 0.845. The van der Waals surface area contributed by atoms with Crippen molar-refractivity contribution >= 4 is 11.8 Å². The molecule has 0 saturated carbocycles. The van der Waals surface area contributed by atoms with Crippen LogP contribution in [0.25, 0.3) is 0 Å². The summed E-state index contributed by atoms with van der Waals surface area (Å²) in [4.78, 5) is 28.9. The van der Waals surface area contributed by atoms with Gasteiger partial charge in [0.15, 0.2) is 0 Å². The Morgan fingerprint density at radius 2 is 1.16 bits per heavy atom. The lowest BCUT2D eigenvalue weighted by atomic mass is 10.1. The molecule has 0 unspecified atom stereocenters. The number of nitrogens with zero attached hydrogens (tertiary/aromatic N) is 2. The summed E-state index contributed by atoms with van der Waals surface area (Å²) in [6, 6.07) is 13.4. The maximum atomic E-state index is 12.7. The molecule has 0 aliphatic carbocycles. The van der Waals surface area contributed by atoms with Gasteiger partial charge in [-0.3, -0.25) is 9.59 Å². The molecule has 2 amide bonds. The molecule has 130 valence electrons. The molecule has 1 aliphatic heterocycles. The summed E-state index contributed by atoms with van der Waals surface area (Å²) in [5.74, 6) is 0.0869. The van der Waals surface area contributed by atoms with Gasteiger partial charge >= 0.3 is 0 Å². The van der Waals surface area contributed by atoms with Crippen LogP contribution in [0.2, 0.25) is 0 Å². The van der Waals surface area contributed by atoms with Crippen molar-refractivity contribution in [2.24, 2.45) is 0 Å². The fourth-order valence-corrected chi connectivity index (χ4v) is 3.05. The zero-order valence-electron chi connectivity index (χ0n) is 15.1. The SMILES string of the molecule is Cc1ccc(C(=O)N2CCN(C(=O)c3ccc(C)c(C)c3)CC2)cc1. The second-order valence-corrected chi connectivity index (χ2v) is 6.75. The topological polar surface area (TPSA) is 40.6 Å². The van der Waals surface area contributed by atoms with E-state index in [-0.39, 0.29) is 11.8 Å². The smallest absolute Gasteiger partial charge is 0.253 e. The van der Waals surface area contributed by atoms with Crippen LogP contribution in [-0.2, 0) is 0 Å². The summed E-state index contributed by atoms with van der Waals surface area (Å²) < 4.78 is 0. The Labute approximate surface area is 149 Å². The first kappa shape index (κ1) is 17.2. The highest BCUT2D eigenvalue weighted by molar-refractivity contribution is 5.96. The van der Waals surface area contributed by atoms with E-state index in [1.54, 1.807) is 0 Å². The third-order valence-electron chi connectivity index (χ3n) is 4.91. The van der Waals surface area contributed by atoms with Gasteiger partial charge in [-0.1, -0.05) is 23.8 Å². The molecular formula is C21H24N2O2. The minimum atomic E-state index is 0.0401. The van der Waals surface area contributed by atoms with Crippen LogP contribution in [0.5, 0.6) is 0 Å². The van der Waals surface area contributed by atoms with Gasteiger partial charge in [0.25, 0.3) is 11.8 Å². The van der Waals surface area contributed by atoms with Gasteiger partial charge in [-0.05, 0) is 56.2 Å². The normalized spacial score (nSPS) is 14.5. The summed E-state index contributed by atoms with van der Waals surface area (Å²) in [5.41, 5.74) is 4.88. The van der Waals surface area contributed by atoms with Crippen LogP contribution in [0.15, 0.2) is 42.5 Å². The van der Waals surface area contributed by atoms with Gasteiger partial charge in [-0.2, -0.15) is 0 Å². The van der Waals surface area contributed by atoms with E-state index < -0.39 is 0 Å². The predicted molar refractivity (Wildman–Crippen MR) is 98.9 cm³/mol. The van der Waals surface area contributed by atoms with Crippen molar-refractivity contribution in [1.82, 2.24) is 9.80 Å². The van der Waals surface area contributed by atoms with E-state index in [0.717, 1.165) is 16.7 Å². The van der Waals surface area contributed by atoms with Crippen LogP contribution < -0.4 is 0 Å². The number of hydrogen-bond donors (Lipinski definition) is 0. The summed E-state index contributed by atoms with van der Waals surface area (Å²) in [5, 5.41) is 0. The Morgan fingerprint density at radius 3 is 1.68 bits per heavy atom. The molecular weight excluding hydrogens is 312 g/mol. The number of amides is 2. The van der Waals surface area contributed by atoms with Crippen LogP contribution in [0.3, 0.4) is 0 Å². The molecule has 2 aromatic carbocycles. The van der Waals surface area contributed by atoms with Crippen molar-refractivity contribution < 1.29 is 9.59 Å². The minimum Gasteiger partial charge on any atom is -0.335 e. The Balaban J connectivity index is 1.63. The monoisotopic (exact) mass is 336 g/mol. The molecule has 1 saturated heterocycles. The van der Waals surface area contributed by atoms with Gasteiger partial charge in [0.05, 0.1) is 0 Å². The second-order valence-electron chi connectivity index (χ2n) is 6.75. The Morgan fingerprint density at radius 1 is 0.680 bits per heavy atom. The lowest BCUT2D eigenvalue weighted by molar-refractivity contribution is 0.0535. The van der Waals surface area contributed by atoms with Crippen molar-refractivity contribution in [3.8, 4) is 0 Å². The number of rotatable bonds is 2. The molecule has 3 rings (SSSR count). The number of benzene rings is 2. The molecule has 0 N–H and O–H groups in total. The number of carbonyl (C=O) groups is 2. The number of aryl methyl sites for hydroxylation is 3. The lowest BCUT2D eigenvalue weighted by Crippen LogP contribution is -2.50. The molecule has 0 radical (unpaired) electrons. The summed E-state index contributed by atoms with van der Waals surface area (Å²) in [6.07, 6.45) is 0. The van der Waals surface area contributed by atoms with E-state index >= 15 is 0 Å². The van der Waals surface area contributed by atoms with Crippen molar-refractivity contribution in [1.29, 1.82) is 0 Å². The molecule has 0 bridgehead atoms. The largest absolute Gasteiger partial charge is 0.335 e. The van der Waals surface area contributed by atoms with Crippen molar-refractivity contribution in [2.75, 3.05) is 26.2 Å². The first-order valence-corrected chi connectivity index (χ1v) is 8.68. The van der Waals surface area contributed by atoms with Crippen molar-refractivity contribution in [3.63, 3.8) is 0 Å². The fourth-order valence-electron chi connectivity index (χ4n) is 3.05. The van der Waals surface area contributed by atoms with Crippen LogP contribution in [0.1, 0.15) is 37.4 Å². The zero-order valence-corrected chi connectivity index (χ0v) is 15.1. The van der Waals surface area contributed by atoms with Crippen molar-refractivity contribution in [3.05, 3.63) is 70.3 Å². The highest BCUT2D eigenvalue weighted by Gasteiger charge is 2.25. The van der Waals surface area contributed by atoms with E-state index in [9.17, 15) is 9.59 Å². The summed E-state index contributed by atoms with van der Waals surface area (Å²) in [6.45, 7) is 8.36.